The van der Waals surface area contributed by atoms with Crippen molar-refractivity contribution in [3.05, 3.63) is 47.1 Å². The number of ether oxygens (including phenoxy) is 2. The lowest BCUT2D eigenvalue weighted by atomic mass is 9.77. The van der Waals surface area contributed by atoms with Crippen LogP contribution in [-0.2, 0) is 26.2 Å². The Morgan fingerprint density at radius 1 is 1.22 bits per heavy atom. The van der Waals surface area contributed by atoms with Gasteiger partial charge in [-0.3, -0.25) is 14.4 Å². The van der Waals surface area contributed by atoms with Gasteiger partial charge in [-0.2, -0.15) is 0 Å². The number of fused-ring (bicyclic) bond motifs is 1. The molecule has 0 N–H and O–H groups in total. The molecule has 0 radical (unpaired) electrons. The molecule has 3 aliphatic rings. The quantitative estimate of drug-likeness (QED) is 0.593. The molecule has 4 rings (SSSR count). The summed E-state index contributed by atoms with van der Waals surface area (Å²) in [5, 5.41) is 0. The Labute approximate surface area is 157 Å². The van der Waals surface area contributed by atoms with Gasteiger partial charge < -0.3 is 14.4 Å². The van der Waals surface area contributed by atoms with Gasteiger partial charge in [-0.15, -0.1) is 0 Å². The third-order valence-electron chi connectivity index (χ3n) is 5.65. The van der Waals surface area contributed by atoms with Crippen LogP contribution in [0.1, 0.15) is 43.0 Å². The maximum absolute atomic E-state index is 12.2. The monoisotopic (exact) mass is 367 g/mol. The number of amides is 1. The molecule has 0 saturated heterocycles. The molecular weight excluding hydrogens is 346 g/mol. The molecule has 140 valence electrons. The van der Waals surface area contributed by atoms with Crippen molar-refractivity contribution in [1.82, 2.24) is 4.90 Å². The SMILES string of the molecule is COc1c(OC(C)=O)cc2c3c1C1(C=CC(=O)C=C1)CC3N(C(C)=O)CC2. The molecule has 0 fully saturated rings. The molecule has 1 amide bonds. The van der Waals surface area contributed by atoms with E-state index in [9.17, 15) is 14.4 Å². The number of ketones is 1. The zero-order valence-corrected chi connectivity index (χ0v) is 15.6. The zero-order valence-electron chi connectivity index (χ0n) is 15.6. The summed E-state index contributed by atoms with van der Waals surface area (Å²) in [6.45, 7) is 3.55. The first-order chi connectivity index (χ1) is 12.9. The minimum absolute atomic E-state index is 0.0246. The van der Waals surface area contributed by atoms with Crippen LogP contribution in [0.4, 0.5) is 0 Å². The van der Waals surface area contributed by atoms with Gasteiger partial charge >= 0.3 is 5.97 Å². The topological polar surface area (TPSA) is 72.9 Å². The Balaban J connectivity index is 1.99. The number of carbonyl (C=O) groups excluding carboxylic acids is 3. The third kappa shape index (κ3) is 2.59. The third-order valence-corrected chi connectivity index (χ3v) is 5.65. The van der Waals surface area contributed by atoms with E-state index in [0.717, 1.165) is 16.7 Å². The zero-order chi connectivity index (χ0) is 19.3. The first kappa shape index (κ1) is 17.5. The Morgan fingerprint density at radius 2 is 1.93 bits per heavy atom. The number of esters is 1. The predicted molar refractivity (Wildman–Crippen MR) is 97.7 cm³/mol. The highest BCUT2D eigenvalue weighted by atomic mass is 16.6. The molecule has 1 aromatic carbocycles. The van der Waals surface area contributed by atoms with Crippen molar-refractivity contribution in [2.45, 2.75) is 38.1 Å². The largest absolute Gasteiger partial charge is 0.492 e. The Hall–Kier alpha value is -2.89. The average Bonchev–Trinajstić information content (AvgIpc) is 2.93. The summed E-state index contributed by atoms with van der Waals surface area (Å²) in [5.41, 5.74) is 2.42. The van der Waals surface area contributed by atoms with Crippen molar-refractivity contribution >= 4 is 17.7 Å². The fraction of sp³-hybridized carbons (Fsp3) is 0.381. The molecule has 1 heterocycles. The van der Waals surface area contributed by atoms with Gasteiger partial charge in [0.15, 0.2) is 17.3 Å². The van der Waals surface area contributed by atoms with E-state index in [1.54, 1.807) is 26.2 Å². The second-order valence-corrected chi connectivity index (χ2v) is 7.24. The van der Waals surface area contributed by atoms with Gasteiger partial charge in [0.1, 0.15) is 0 Å². The number of rotatable bonds is 2. The lowest BCUT2D eigenvalue weighted by Gasteiger charge is -2.35. The first-order valence-electron chi connectivity index (χ1n) is 8.98. The van der Waals surface area contributed by atoms with Crippen LogP contribution in [0.25, 0.3) is 0 Å². The van der Waals surface area contributed by atoms with Gasteiger partial charge in [-0.25, -0.2) is 0 Å². The van der Waals surface area contributed by atoms with E-state index in [-0.39, 0.29) is 17.7 Å². The molecule has 1 spiro atoms. The van der Waals surface area contributed by atoms with Crippen LogP contribution in [0.15, 0.2) is 30.4 Å². The summed E-state index contributed by atoms with van der Waals surface area (Å²) in [4.78, 5) is 37.5. The molecule has 0 bridgehead atoms. The van der Waals surface area contributed by atoms with Gasteiger partial charge in [-0.05, 0) is 42.2 Å². The second-order valence-electron chi connectivity index (χ2n) is 7.24. The molecule has 0 saturated carbocycles. The van der Waals surface area contributed by atoms with Crippen molar-refractivity contribution in [1.29, 1.82) is 0 Å². The van der Waals surface area contributed by atoms with Crippen LogP contribution < -0.4 is 9.47 Å². The number of allylic oxidation sites excluding steroid dienone is 4. The van der Waals surface area contributed by atoms with Crippen molar-refractivity contribution in [2.24, 2.45) is 0 Å². The molecule has 2 aliphatic carbocycles. The number of benzene rings is 1. The van der Waals surface area contributed by atoms with Gasteiger partial charge in [0.25, 0.3) is 0 Å². The molecule has 0 aromatic heterocycles. The van der Waals surface area contributed by atoms with Gasteiger partial charge in [-0.1, -0.05) is 12.2 Å². The molecule has 1 aliphatic heterocycles. The van der Waals surface area contributed by atoms with Crippen molar-refractivity contribution in [2.75, 3.05) is 13.7 Å². The van der Waals surface area contributed by atoms with E-state index in [2.05, 4.69) is 0 Å². The van der Waals surface area contributed by atoms with Gasteiger partial charge in [0, 0.05) is 31.4 Å². The minimum atomic E-state index is -0.567. The van der Waals surface area contributed by atoms with Crippen LogP contribution in [0, 0.1) is 0 Å². The second kappa shape index (κ2) is 6.08. The standard InChI is InChI=1S/C21H21NO5/c1-12(23)22-9-6-14-10-17(27-13(2)24)20(26-3)19-18(14)16(22)11-21(19)7-4-15(25)5-8-21/h4-5,7-8,10,16H,6,9,11H2,1-3H3. The highest BCUT2D eigenvalue weighted by Crippen LogP contribution is 2.58. The lowest BCUT2D eigenvalue weighted by Crippen LogP contribution is -2.38. The summed E-state index contributed by atoms with van der Waals surface area (Å²) >= 11 is 0. The summed E-state index contributed by atoms with van der Waals surface area (Å²) < 4.78 is 11.1. The predicted octanol–water partition coefficient (Wildman–Crippen LogP) is 2.40. The smallest absolute Gasteiger partial charge is 0.308 e. The number of hydrogen-bond donors (Lipinski definition) is 0. The molecule has 6 heteroatoms. The average molecular weight is 367 g/mol. The Kier molecular flexibility index (Phi) is 3.94. The van der Waals surface area contributed by atoms with Crippen LogP contribution in [0.5, 0.6) is 11.5 Å². The van der Waals surface area contributed by atoms with Gasteiger partial charge in [0.05, 0.1) is 13.2 Å². The van der Waals surface area contributed by atoms with Crippen LogP contribution in [-0.4, -0.2) is 36.2 Å². The molecular formula is C21H21NO5. The lowest BCUT2D eigenvalue weighted by molar-refractivity contribution is -0.132. The van der Waals surface area contributed by atoms with Crippen LogP contribution >= 0.6 is 0 Å². The first-order valence-corrected chi connectivity index (χ1v) is 8.98. The Bertz CT molecular complexity index is 911. The molecule has 1 atom stereocenters. The summed E-state index contributed by atoms with van der Waals surface area (Å²) in [5.74, 6) is 0.403. The number of hydrogen-bond acceptors (Lipinski definition) is 5. The highest BCUT2D eigenvalue weighted by molar-refractivity contribution is 6.01. The highest BCUT2D eigenvalue weighted by Gasteiger charge is 2.50. The van der Waals surface area contributed by atoms with Crippen molar-refractivity contribution in [3.8, 4) is 11.5 Å². The van der Waals surface area contributed by atoms with E-state index >= 15 is 0 Å². The van der Waals surface area contributed by atoms with Crippen LogP contribution in [0.2, 0.25) is 0 Å². The fourth-order valence-corrected chi connectivity index (χ4v) is 4.63. The summed E-state index contributed by atoms with van der Waals surface area (Å²) in [7, 11) is 1.54. The maximum atomic E-state index is 12.2. The summed E-state index contributed by atoms with van der Waals surface area (Å²) in [6, 6.07) is 1.76. The Morgan fingerprint density at radius 3 is 2.52 bits per heavy atom. The van der Waals surface area contributed by atoms with Crippen LogP contribution in [0.3, 0.4) is 0 Å². The number of nitrogens with zero attached hydrogens (tertiary/aromatic N) is 1. The normalized spacial score (nSPS) is 21.4. The maximum Gasteiger partial charge on any atom is 0.308 e. The van der Waals surface area contributed by atoms with E-state index in [1.807, 2.05) is 23.1 Å². The van der Waals surface area contributed by atoms with E-state index in [1.165, 1.54) is 6.92 Å². The van der Waals surface area contributed by atoms with Crippen molar-refractivity contribution < 1.29 is 23.9 Å². The minimum Gasteiger partial charge on any atom is -0.492 e. The van der Waals surface area contributed by atoms with E-state index < -0.39 is 11.4 Å². The van der Waals surface area contributed by atoms with Gasteiger partial charge in [0.2, 0.25) is 5.91 Å². The summed E-state index contributed by atoms with van der Waals surface area (Å²) in [6.07, 6.45) is 8.18. The molecule has 1 aromatic rings. The molecule has 1 unspecified atom stereocenters. The number of carbonyl (C=O) groups is 3. The fourth-order valence-electron chi connectivity index (χ4n) is 4.63. The number of methoxy groups -OCH3 is 1. The van der Waals surface area contributed by atoms with E-state index in [4.69, 9.17) is 9.47 Å². The van der Waals surface area contributed by atoms with Crippen molar-refractivity contribution in [3.63, 3.8) is 0 Å². The molecule has 6 nitrogen and oxygen atoms in total. The van der Waals surface area contributed by atoms with E-state index in [0.29, 0.717) is 30.9 Å². The molecule has 27 heavy (non-hydrogen) atoms.